The zero-order valence-electron chi connectivity index (χ0n) is 9.35. The summed E-state index contributed by atoms with van der Waals surface area (Å²) in [6.45, 7) is 0.0285. The number of alkyl halides is 3. The first-order valence-corrected chi connectivity index (χ1v) is 8.77. The average molecular weight is 481 g/mol. The standard InChI is InChI=1S/C10H9Br3O5S/c11-10(12,13)19(16,17)8-3-1-7(2-4-8)18-6-5-9(14)15/h1-4H,5-6H2,(H,14,15). The van der Waals surface area contributed by atoms with Gasteiger partial charge in [0.2, 0.25) is 11.3 Å². The van der Waals surface area contributed by atoms with E-state index in [4.69, 9.17) is 9.84 Å². The van der Waals surface area contributed by atoms with E-state index < -0.39 is 17.3 Å². The molecular weight excluding hydrogens is 472 g/mol. The Morgan fingerprint density at radius 2 is 1.74 bits per heavy atom. The van der Waals surface area contributed by atoms with Crippen LogP contribution in [0, 0.1) is 0 Å². The largest absolute Gasteiger partial charge is 0.493 e. The van der Waals surface area contributed by atoms with Gasteiger partial charge in [0.25, 0.3) is 0 Å². The van der Waals surface area contributed by atoms with E-state index >= 15 is 0 Å². The summed E-state index contributed by atoms with van der Waals surface area (Å²) in [5.41, 5.74) is 0. The SMILES string of the molecule is O=C(O)CCOc1ccc(S(=O)(=O)C(Br)(Br)Br)cc1. The fraction of sp³-hybridized carbons (Fsp3) is 0.300. The van der Waals surface area contributed by atoms with Crippen LogP contribution in [0.2, 0.25) is 0 Å². The van der Waals surface area contributed by atoms with Crippen LogP contribution in [0.3, 0.4) is 0 Å². The Kier molecular flexibility index (Phi) is 5.84. The Labute approximate surface area is 135 Å². The summed E-state index contributed by atoms with van der Waals surface area (Å²) >= 11 is 8.89. The van der Waals surface area contributed by atoms with Gasteiger partial charge >= 0.3 is 5.97 Å². The molecule has 0 heterocycles. The summed E-state index contributed by atoms with van der Waals surface area (Å²) in [6, 6.07) is 5.69. The maximum Gasteiger partial charge on any atom is 0.306 e. The van der Waals surface area contributed by atoms with Gasteiger partial charge in [-0.05, 0) is 72.1 Å². The molecule has 0 spiro atoms. The molecule has 0 atom stereocenters. The van der Waals surface area contributed by atoms with Crippen LogP contribution in [0.1, 0.15) is 6.42 Å². The van der Waals surface area contributed by atoms with E-state index in [1.165, 1.54) is 24.3 Å². The van der Waals surface area contributed by atoms with Crippen LogP contribution in [0.5, 0.6) is 5.75 Å². The third kappa shape index (κ3) is 4.73. The van der Waals surface area contributed by atoms with Crippen molar-refractivity contribution in [1.29, 1.82) is 0 Å². The Morgan fingerprint density at radius 3 is 2.16 bits per heavy atom. The van der Waals surface area contributed by atoms with E-state index in [0.29, 0.717) is 5.75 Å². The minimum Gasteiger partial charge on any atom is -0.493 e. The minimum atomic E-state index is -3.63. The lowest BCUT2D eigenvalue weighted by molar-refractivity contribution is -0.137. The van der Waals surface area contributed by atoms with E-state index in [9.17, 15) is 13.2 Å². The topological polar surface area (TPSA) is 80.7 Å². The highest BCUT2D eigenvalue weighted by Gasteiger charge is 2.37. The fourth-order valence-corrected chi connectivity index (χ4v) is 3.55. The molecule has 9 heteroatoms. The molecule has 106 valence electrons. The molecule has 0 aromatic heterocycles. The van der Waals surface area contributed by atoms with Crippen molar-refractivity contribution in [3.05, 3.63) is 24.3 Å². The molecule has 0 fully saturated rings. The monoisotopic (exact) mass is 478 g/mol. The quantitative estimate of drug-likeness (QED) is 0.655. The van der Waals surface area contributed by atoms with Crippen molar-refractivity contribution in [2.45, 2.75) is 12.8 Å². The number of rotatable bonds is 5. The molecule has 0 amide bonds. The molecule has 0 radical (unpaired) electrons. The second kappa shape index (κ2) is 6.55. The number of ether oxygens (including phenoxy) is 1. The third-order valence-corrected chi connectivity index (χ3v) is 7.36. The maximum absolute atomic E-state index is 12.0. The van der Waals surface area contributed by atoms with E-state index in [0.717, 1.165) is 0 Å². The number of halogens is 3. The van der Waals surface area contributed by atoms with Gasteiger partial charge in [-0.25, -0.2) is 8.42 Å². The molecule has 0 saturated carbocycles. The molecular formula is C10H9Br3O5S. The highest BCUT2D eigenvalue weighted by molar-refractivity contribution is 9.42. The lowest BCUT2D eigenvalue weighted by Crippen LogP contribution is -2.17. The van der Waals surface area contributed by atoms with Crippen LogP contribution in [0.15, 0.2) is 29.2 Å². The Balaban J connectivity index is 2.80. The Bertz CT molecular complexity index is 548. The van der Waals surface area contributed by atoms with Gasteiger partial charge in [0.1, 0.15) is 5.75 Å². The van der Waals surface area contributed by atoms with Gasteiger partial charge in [-0.15, -0.1) is 0 Å². The first kappa shape index (κ1) is 16.9. The van der Waals surface area contributed by atoms with Gasteiger partial charge in [-0.2, -0.15) is 0 Å². The molecule has 0 saturated heterocycles. The molecule has 1 rings (SSSR count). The highest BCUT2D eigenvalue weighted by Crippen LogP contribution is 2.43. The second-order valence-electron chi connectivity index (χ2n) is 3.41. The van der Waals surface area contributed by atoms with Gasteiger partial charge in [0.15, 0.2) is 0 Å². The molecule has 0 unspecified atom stereocenters. The Hall–Kier alpha value is -0.120. The fourth-order valence-electron chi connectivity index (χ4n) is 1.10. The lowest BCUT2D eigenvalue weighted by Gasteiger charge is -2.13. The van der Waals surface area contributed by atoms with Gasteiger partial charge in [0.05, 0.1) is 17.9 Å². The Morgan fingerprint density at radius 1 is 1.21 bits per heavy atom. The lowest BCUT2D eigenvalue weighted by atomic mass is 10.3. The number of hydrogen-bond donors (Lipinski definition) is 1. The molecule has 1 aromatic carbocycles. The first-order chi connectivity index (χ1) is 8.64. The number of hydrogen-bond acceptors (Lipinski definition) is 4. The molecule has 1 N–H and O–H groups in total. The summed E-state index contributed by atoms with van der Waals surface area (Å²) in [5, 5.41) is 8.46. The third-order valence-electron chi connectivity index (χ3n) is 2.02. The van der Waals surface area contributed by atoms with Crippen LogP contribution in [-0.2, 0) is 14.6 Å². The molecule has 5 nitrogen and oxygen atoms in total. The normalized spacial score (nSPS) is 12.2. The molecule has 0 aliphatic rings. The summed E-state index contributed by atoms with van der Waals surface area (Å²) in [5.74, 6) is -0.550. The van der Waals surface area contributed by atoms with Crippen molar-refractivity contribution in [1.82, 2.24) is 0 Å². The van der Waals surface area contributed by atoms with E-state index in [1.807, 2.05) is 0 Å². The number of benzene rings is 1. The molecule has 1 aromatic rings. The zero-order valence-corrected chi connectivity index (χ0v) is 14.9. The van der Waals surface area contributed by atoms with Crippen LogP contribution in [0.25, 0.3) is 0 Å². The second-order valence-corrected chi connectivity index (χ2v) is 13.8. The smallest absolute Gasteiger partial charge is 0.306 e. The number of carboxylic acid groups (broad SMARTS) is 1. The van der Waals surface area contributed by atoms with Crippen molar-refractivity contribution in [3.8, 4) is 5.75 Å². The summed E-state index contributed by atoms with van der Waals surface area (Å²) in [6.07, 6.45) is -0.118. The minimum absolute atomic E-state index is 0.0285. The highest BCUT2D eigenvalue weighted by atomic mass is 80.0. The molecule has 0 bridgehead atoms. The van der Waals surface area contributed by atoms with Crippen molar-refractivity contribution in [2.24, 2.45) is 0 Å². The van der Waals surface area contributed by atoms with E-state index in [2.05, 4.69) is 47.8 Å². The molecule has 19 heavy (non-hydrogen) atoms. The number of carbonyl (C=O) groups is 1. The van der Waals surface area contributed by atoms with Gasteiger partial charge < -0.3 is 9.84 Å². The number of sulfone groups is 1. The maximum atomic E-state index is 12.0. The molecule has 0 aliphatic heterocycles. The van der Waals surface area contributed by atoms with Crippen LogP contribution < -0.4 is 4.74 Å². The van der Waals surface area contributed by atoms with Crippen LogP contribution >= 0.6 is 47.8 Å². The van der Waals surface area contributed by atoms with Crippen LogP contribution in [-0.4, -0.2) is 27.6 Å². The van der Waals surface area contributed by atoms with Crippen LogP contribution in [0.4, 0.5) is 0 Å². The zero-order chi connectivity index (χ0) is 14.7. The van der Waals surface area contributed by atoms with E-state index in [1.54, 1.807) is 0 Å². The van der Waals surface area contributed by atoms with Gasteiger partial charge in [-0.3, -0.25) is 4.79 Å². The van der Waals surface area contributed by atoms with Crippen molar-refractivity contribution >= 4 is 63.6 Å². The predicted octanol–water partition coefficient (Wildman–Crippen LogP) is 3.11. The first-order valence-electron chi connectivity index (χ1n) is 4.90. The van der Waals surface area contributed by atoms with Crippen molar-refractivity contribution < 1.29 is 23.1 Å². The van der Waals surface area contributed by atoms with Gasteiger partial charge in [-0.1, -0.05) is 0 Å². The molecule has 0 aliphatic carbocycles. The number of carboxylic acids is 1. The average Bonchev–Trinajstić information content (AvgIpc) is 2.27. The summed E-state index contributed by atoms with van der Waals surface area (Å²) in [7, 11) is -3.63. The summed E-state index contributed by atoms with van der Waals surface area (Å²) in [4.78, 5) is 10.4. The van der Waals surface area contributed by atoms with E-state index in [-0.39, 0.29) is 17.9 Å². The van der Waals surface area contributed by atoms with Crippen molar-refractivity contribution in [3.63, 3.8) is 0 Å². The predicted molar refractivity (Wildman–Crippen MR) is 80.9 cm³/mol. The van der Waals surface area contributed by atoms with Crippen molar-refractivity contribution in [2.75, 3.05) is 6.61 Å². The number of aliphatic carboxylic acids is 1. The summed E-state index contributed by atoms with van der Waals surface area (Å²) < 4.78 is 27.8. The van der Waals surface area contributed by atoms with Gasteiger partial charge in [0, 0.05) is 0 Å².